The molecule has 3 rings (SSSR count). The van der Waals surface area contributed by atoms with Crippen LogP contribution in [0.4, 0.5) is 4.39 Å². The molecule has 0 aliphatic carbocycles. The summed E-state index contributed by atoms with van der Waals surface area (Å²) >= 11 is 6.68. The highest BCUT2D eigenvalue weighted by molar-refractivity contribution is 8.26. The van der Waals surface area contributed by atoms with Gasteiger partial charge in [-0.1, -0.05) is 49.1 Å². The summed E-state index contributed by atoms with van der Waals surface area (Å²) in [4.78, 5) is 19.3. The number of thioether (sulfide) groups is 1. The molecule has 0 aromatic heterocycles. The standard InChI is InChI=1S/C20H26FN3O2S2/c1-2-7-24-19(25)18(28-20(24)27)15-23(9-8-22-10-12-26-13-11-22)14-16-5-3-4-6-17(16)21/h3-6,15H,2,7-14H2,1H3. The lowest BCUT2D eigenvalue weighted by Gasteiger charge is -2.29. The Hall–Kier alpha value is -1.48. The SMILES string of the molecule is CCCN1C(=O)C(=CN(CCN2CCOCC2)Cc2ccccc2F)SC1=S. The lowest BCUT2D eigenvalue weighted by Crippen LogP contribution is -2.40. The number of amides is 1. The van der Waals surface area contributed by atoms with Crippen LogP contribution < -0.4 is 0 Å². The molecule has 0 bridgehead atoms. The van der Waals surface area contributed by atoms with Crippen molar-refractivity contribution in [3.05, 3.63) is 46.8 Å². The molecule has 2 saturated heterocycles. The number of rotatable bonds is 8. The third-order valence-electron chi connectivity index (χ3n) is 4.76. The minimum absolute atomic E-state index is 0.0539. The molecule has 8 heteroatoms. The second kappa shape index (κ2) is 10.3. The number of carbonyl (C=O) groups excluding carboxylic acids is 1. The smallest absolute Gasteiger partial charge is 0.267 e. The lowest BCUT2D eigenvalue weighted by atomic mass is 10.2. The van der Waals surface area contributed by atoms with Gasteiger partial charge in [-0.25, -0.2) is 4.39 Å². The molecular weight excluding hydrogens is 397 g/mol. The first kappa shape index (κ1) is 21.2. The molecule has 2 heterocycles. The second-order valence-electron chi connectivity index (χ2n) is 6.83. The molecule has 0 saturated carbocycles. The minimum atomic E-state index is -0.231. The van der Waals surface area contributed by atoms with Crippen LogP contribution in [0.15, 0.2) is 35.4 Å². The van der Waals surface area contributed by atoms with Gasteiger partial charge in [0.05, 0.1) is 18.1 Å². The first-order valence-corrected chi connectivity index (χ1v) is 10.8. The zero-order valence-corrected chi connectivity index (χ0v) is 17.7. The maximum Gasteiger partial charge on any atom is 0.267 e. The van der Waals surface area contributed by atoms with Crippen LogP contribution in [0, 0.1) is 5.82 Å². The van der Waals surface area contributed by atoms with Gasteiger partial charge < -0.3 is 9.64 Å². The van der Waals surface area contributed by atoms with E-state index in [1.807, 2.05) is 24.1 Å². The topological polar surface area (TPSA) is 36.0 Å². The molecule has 2 aliphatic heterocycles. The van der Waals surface area contributed by atoms with Gasteiger partial charge in [-0.15, -0.1) is 0 Å². The van der Waals surface area contributed by atoms with E-state index < -0.39 is 0 Å². The fourth-order valence-corrected chi connectivity index (χ4v) is 4.52. The number of hydrogen-bond acceptors (Lipinski definition) is 6. The van der Waals surface area contributed by atoms with Crippen molar-refractivity contribution in [1.82, 2.24) is 14.7 Å². The van der Waals surface area contributed by atoms with E-state index in [4.69, 9.17) is 17.0 Å². The van der Waals surface area contributed by atoms with Crippen molar-refractivity contribution in [1.29, 1.82) is 0 Å². The van der Waals surface area contributed by atoms with Gasteiger partial charge in [-0.05, 0) is 12.5 Å². The van der Waals surface area contributed by atoms with Crippen molar-refractivity contribution >= 4 is 34.2 Å². The number of benzene rings is 1. The van der Waals surface area contributed by atoms with Crippen LogP contribution >= 0.6 is 24.0 Å². The molecule has 152 valence electrons. The first-order chi connectivity index (χ1) is 13.6. The highest BCUT2D eigenvalue weighted by Gasteiger charge is 2.32. The quantitative estimate of drug-likeness (QED) is 0.472. The lowest BCUT2D eigenvalue weighted by molar-refractivity contribution is -0.122. The van der Waals surface area contributed by atoms with E-state index in [0.717, 1.165) is 39.3 Å². The fraction of sp³-hybridized carbons (Fsp3) is 0.500. The number of thiocarbonyl (C=S) groups is 1. The van der Waals surface area contributed by atoms with Crippen molar-refractivity contribution in [2.45, 2.75) is 19.9 Å². The average Bonchev–Trinajstić information content (AvgIpc) is 2.96. The highest BCUT2D eigenvalue weighted by atomic mass is 32.2. The normalized spacial score (nSPS) is 19.6. The molecule has 1 aromatic rings. The van der Waals surface area contributed by atoms with Crippen LogP contribution in [0.5, 0.6) is 0 Å². The molecule has 1 amide bonds. The molecule has 2 fully saturated rings. The zero-order chi connectivity index (χ0) is 19.9. The summed E-state index contributed by atoms with van der Waals surface area (Å²) in [5, 5.41) is 0. The van der Waals surface area contributed by atoms with Crippen molar-refractivity contribution in [3.8, 4) is 0 Å². The van der Waals surface area contributed by atoms with Gasteiger partial charge >= 0.3 is 0 Å². The van der Waals surface area contributed by atoms with Crippen molar-refractivity contribution in [2.24, 2.45) is 0 Å². The van der Waals surface area contributed by atoms with E-state index in [2.05, 4.69) is 4.90 Å². The third-order valence-corrected chi connectivity index (χ3v) is 6.12. The predicted molar refractivity (Wildman–Crippen MR) is 114 cm³/mol. The Kier molecular flexibility index (Phi) is 7.84. The fourth-order valence-electron chi connectivity index (χ4n) is 3.20. The Morgan fingerprint density at radius 2 is 2.04 bits per heavy atom. The molecule has 0 spiro atoms. The van der Waals surface area contributed by atoms with Crippen molar-refractivity contribution in [2.75, 3.05) is 45.9 Å². The minimum Gasteiger partial charge on any atom is -0.379 e. The Morgan fingerprint density at radius 1 is 1.29 bits per heavy atom. The maximum atomic E-state index is 14.2. The van der Waals surface area contributed by atoms with Gasteiger partial charge in [0.1, 0.15) is 10.1 Å². The van der Waals surface area contributed by atoms with E-state index in [-0.39, 0.29) is 11.7 Å². The third kappa shape index (κ3) is 5.53. The Bertz CT molecular complexity index is 738. The van der Waals surface area contributed by atoms with Gasteiger partial charge in [0.25, 0.3) is 5.91 Å². The zero-order valence-electron chi connectivity index (χ0n) is 16.1. The van der Waals surface area contributed by atoms with E-state index >= 15 is 0 Å². The van der Waals surface area contributed by atoms with E-state index in [1.165, 1.54) is 17.8 Å². The van der Waals surface area contributed by atoms with Gasteiger partial charge in [-0.2, -0.15) is 0 Å². The molecular formula is C20H26FN3O2S2. The molecule has 0 N–H and O–H groups in total. The van der Waals surface area contributed by atoms with E-state index in [0.29, 0.717) is 34.4 Å². The number of halogens is 1. The molecule has 1 aromatic carbocycles. The summed E-state index contributed by atoms with van der Waals surface area (Å²) in [6.45, 7) is 7.87. The molecule has 0 unspecified atom stereocenters. The molecule has 5 nitrogen and oxygen atoms in total. The Balaban J connectivity index is 1.74. The van der Waals surface area contributed by atoms with E-state index in [9.17, 15) is 9.18 Å². The van der Waals surface area contributed by atoms with Crippen LogP contribution in [-0.4, -0.2) is 70.9 Å². The van der Waals surface area contributed by atoms with Crippen LogP contribution in [0.25, 0.3) is 0 Å². The van der Waals surface area contributed by atoms with Crippen LogP contribution in [0.1, 0.15) is 18.9 Å². The summed E-state index contributed by atoms with van der Waals surface area (Å²) in [6.07, 6.45) is 2.71. The van der Waals surface area contributed by atoms with Gasteiger partial charge in [0, 0.05) is 51.0 Å². The summed E-state index contributed by atoms with van der Waals surface area (Å²) in [5.41, 5.74) is 0.616. The Labute approximate surface area is 175 Å². The summed E-state index contributed by atoms with van der Waals surface area (Å²) < 4.78 is 20.2. The maximum absolute atomic E-state index is 14.2. The number of ether oxygens (including phenoxy) is 1. The number of hydrogen-bond donors (Lipinski definition) is 0. The van der Waals surface area contributed by atoms with E-state index in [1.54, 1.807) is 17.0 Å². The number of nitrogens with zero attached hydrogens (tertiary/aromatic N) is 3. The summed E-state index contributed by atoms with van der Waals surface area (Å²) in [6, 6.07) is 6.77. The number of carbonyl (C=O) groups is 1. The molecule has 0 atom stereocenters. The highest BCUT2D eigenvalue weighted by Crippen LogP contribution is 2.31. The van der Waals surface area contributed by atoms with Gasteiger partial charge in [0.2, 0.25) is 0 Å². The molecule has 2 aliphatic rings. The van der Waals surface area contributed by atoms with Gasteiger partial charge in [-0.3, -0.25) is 14.6 Å². The summed E-state index contributed by atoms with van der Waals surface area (Å²) in [5.74, 6) is -0.285. The summed E-state index contributed by atoms with van der Waals surface area (Å²) in [7, 11) is 0. The second-order valence-corrected chi connectivity index (χ2v) is 8.51. The number of morpholine rings is 1. The average molecular weight is 424 g/mol. The van der Waals surface area contributed by atoms with Crippen LogP contribution in [-0.2, 0) is 16.1 Å². The van der Waals surface area contributed by atoms with Crippen LogP contribution in [0.3, 0.4) is 0 Å². The Morgan fingerprint density at radius 3 is 2.75 bits per heavy atom. The van der Waals surface area contributed by atoms with Crippen LogP contribution in [0.2, 0.25) is 0 Å². The van der Waals surface area contributed by atoms with Gasteiger partial charge in [0.15, 0.2) is 0 Å². The van der Waals surface area contributed by atoms with Crippen molar-refractivity contribution < 1.29 is 13.9 Å². The predicted octanol–water partition coefficient (Wildman–Crippen LogP) is 3.07. The van der Waals surface area contributed by atoms with Crippen molar-refractivity contribution in [3.63, 3.8) is 0 Å². The molecule has 0 radical (unpaired) electrons. The molecule has 28 heavy (non-hydrogen) atoms. The largest absolute Gasteiger partial charge is 0.379 e. The monoisotopic (exact) mass is 423 g/mol. The first-order valence-electron chi connectivity index (χ1n) is 9.61.